The number of phenolic OH excluding ortho intramolecular Hbond substituents is 1. The summed E-state index contributed by atoms with van der Waals surface area (Å²) in [5.74, 6) is -1.38. The highest BCUT2D eigenvalue weighted by molar-refractivity contribution is 5.66. The predicted molar refractivity (Wildman–Crippen MR) is 66.0 cm³/mol. The molecule has 0 aromatic heterocycles. The summed E-state index contributed by atoms with van der Waals surface area (Å²) in [5.41, 5.74) is 0.491. The summed E-state index contributed by atoms with van der Waals surface area (Å²) in [5, 5.41) is 17.7. The zero-order valence-corrected chi connectivity index (χ0v) is 10.6. The lowest BCUT2D eigenvalue weighted by molar-refractivity contribution is -0.137. The number of hydrogen-bond donors (Lipinski definition) is 2. The van der Waals surface area contributed by atoms with Crippen LogP contribution in [0.5, 0.6) is 5.75 Å². The Kier molecular flexibility index (Phi) is 5.09. The molecule has 0 aliphatic heterocycles. The second-order valence-electron chi connectivity index (χ2n) is 4.36. The quantitative estimate of drug-likeness (QED) is 0.819. The van der Waals surface area contributed by atoms with E-state index in [9.17, 15) is 9.18 Å². The number of carboxylic acid groups (broad SMARTS) is 1. The van der Waals surface area contributed by atoms with Gasteiger partial charge in [-0.2, -0.15) is 0 Å². The molecule has 100 valence electrons. The highest BCUT2D eigenvalue weighted by Crippen LogP contribution is 2.24. The molecule has 2 N–H and O–H groups in total. The van der Waals surface area contributed by atoms with Gasteiger partial charge in [0.15, 0.2) is 0 Å². The fourth-order valence-electron chi connectivity index (χ4n) is 1.77. The lowest BCUT2D eigenvalue weighted by Gasteiger charge is -2.25. The molecule has 0 fully saturated rings. The molecule has 0 bridgehead atoms. The molecule has 0 aliphatic carbocycles. The molecule has 0 heterocycles. The molecule has 1 aromatic carbocycles. The molecule has 0 saturated heterocycles. The monoisotopic (exact) mass is 255 g/mol. The summed E-state index contributed by atoms with van der Waals surface area (Å²) in [6.45, 7) is 2.42. The third-order valence-electron chi connectivity index (χ3n) is 3.00. The minimum atomic E-state index is -0.827. The van der Waals surface area contributed by atoms with E-state index >= 15 is 0 Å². The maximum Gasteiger partial charge on any atom is 0.303 e. The Morgan fingerprint density at radius 1 is 1.50 bits per heavy atom. The molecule has 18 heavy (non-hydrogen) atoms. The Labute approximate surface area is 106 Å². The zero-order chi connectivity index (χ0) is 13.7. The van der Waals surface area contributed by atoms with Crippen LogP contribution in [0.3, 0.4) is 0 Å². The number of carbonyl (C=O) groups is 1. The summed E-state index contributed by atoms with van der Waals surface area (Å²) >= 11 is 0. The van der Waals surface area contributed by atoms with Crippen molar-refractivity contribution < 1.29 is 19.4 Å². The number of halogens is 1. The predicted octanol–water partition coefficient (Wildman–Crippen LogP) is 2.39. The lowest BCUT2D eigenvalue weighted by atomic mass is 10.1. The summed E-state index contributed by atoms with van der Waals surface area (Å²) in [6, 6.07) is 3.90. The number of phenols is 1. The number of hydrogen-bond acceptors (Lipinski definition) is 3. The van der Waals surface area contributed by atoms with Gasteiger partial charge in [-0.3, -0.25) is 9.69 Å². The van der Waals surface area contributed by atoms with E-state index in [1.807, 2.05) is 18.9 Å². The molecule has 1 unspecified atom stereocenters. The molecule has 1 rings (SSSR count). The Morgan fingerprint density at radius 2 is 2.17 bits per heavy atom. The first-order valence-corrected chi connectivity index (χ1v) is 5.82. The van der Waals surface area contributed by atoms with Crippen molar-refractivity contribution in [2.75, 3.05) is 13.6 Å². The Balaban J connectivity index is 2.62. The molecule has 0 radical (unpaired) electrons. The number of aliphatic carboxylic acids is 1. The first kappa shape index (κ1) is 14.4. The van der Waals surface area contributed by atoms with Gasteiger partial charge in [0.05, 0.1) is 0 Å². The van der Waals surface area contributed by atoms with Crippen molar-refractivity contribution in [2.45, 2.75) is 25.8 Å². The van der Waals surface area contributed by atoms with E-state index in [0.29, 0.717) is 18.5 Å². The van der Waals surface area contributed by atoms with Gasteiger partial charge < -0.3 is 10.2 Å². The van der Waals surface area contributed by atoms with Crippen molar-refractivity contribution in [3.63, 3.8) is 0 Å². The fourth-order valence-corrected chi connectivity index (χ4v) is 1.77. The largest absolute Gasteiger partial charge is 0.508 e. The van der Waals surface area contributed by atoms with Crippen molar-refractivity contribution in [3.05, 3.63) is 29.6 Å². The van der Waals surface area contributed by atoms with E-state index in [2.05, 4.69) is 0 Å². The lowest BCUT2D eigenvalue weighted by Crippen LogP contribution is -2.24. The van der Waals surface area contributed by atoms with Crippen LogP contribution in [-0.4, -0.2) is 34.7 Å². The molecular formula is C13H18FNO3. The van der Waals surface area contributed by atoms with Crippen LogP contribution in [0, 0.1) is 5.82 Å². The molecule has 4 nitrogen and oxygen atoms in total. The molecule has 0 amide bonds. The number of rotatable bonds is 6. The smallest absolute Gasteiger partial charge is 0.303 e. The van der Waals surface area contributed by atoms with E-state index in [0.717, 1.165) is 6.07 Å². The van der Waals surface area contributed by atoms with Crippen LogP contribution in [0.4, 0.5) is 4.39 Å². The summed E-state index contributed by atoms with van der Waals surface area (Å²) in [4.78, 5) is 12.3. The first-order valence-electron chi connectivity index (χ1n) is 5.82. The average Bonchev–Trinajstić information content (AvgIpc) is 2.27. The number of aromatic hydroxyl groups is 1. The Hall–Kier alpha value is -1.62. The van der Waals surface area contributed by atoms with Crippen LogP contribution in [0.25, 0.3) is 0 Å². The van der Waals surface area contributed by atoms with Crippen molar-refractivity contribution >= 4 is 5.97 Å². The summed E-state index contributed by atoms with van der Waals surface area (Å²) < 4.78 is 13.6. The van der Waals surface area contributed by atoms with Crippen molar-refractivity contribution in [1.82, 2.24) is 4.90 Å². The van der Waals surface area contributed by atoms with Crippen LogP contribution in [-0.2, 0) is 4.79 Å². The molecule has 1 atom stereocenters. The molecule has 0 aliphatic rings. The SMILES string of the molecule is CC(c1ccc(O)cc1F)N(C)CCCC(=O)O. The van der Waals surface area contributed by atoms with Crippen LogP contribution in [0.1, 0.15) is 31.4 Å². The first-order chi connectivity index (χ1) is 8.41. The van der Waals surface area contributed by atoms with Gasteiger partial charge >= 0.3 is 5.97 Å². The second kappa shape index (κ2) is 6.35. The highest BCUT2D eigenvalue weighted by Gasteiger charge is 2.16. The zero-order valence-electron chi connectivity index (χ0n) is 10.6. The number of benzene rings is 1. The maximum absolute atomic E-state index is 13.6. The summed E-state index contributed by atoms with van der Waals surface area (Å²) in [6.07, 6.45) is 0.630. The number of carboxylic acids is 1. The van der Waals surface area contributed by atoms with Gasteiger partial charge in [-0.25, -0.2) is 4.39 Å². The van der Waals surface area contributed by atoms with Crippen LogP contribution in [0.15, 0.2) is 18.2 Å². The minimum absolute atomic E-state index is 0.100. The average molecular weight is 255 g/mol. The highest BCUT2D eigenvalue weighted by atomic mass is 19.1. The second-order valence-corrected chi connectivity index (χ2v) is 4.36. The van der Waals surface area contributed by atoms with Gasteiger partial charge in [0.2, 0.25) is 0 Å². The Bertz CT molecular complexity index is 423. The molecule has 5 heteroatoms. The third-order valence-corrected chi connectivity index (χ3v) is 3.00. The molecule has 1 aromatic rings. The van der Waals surface area contributed by atoms with Crippen molar-refractivity contribution in [1.29, 1.82) is 0 Å². The molecular weight excluding hydrogens is 237 g/mol. The van der Waals surface area contributed by atoms with E-state index < -0.39 is 11.8 Å². The van der Waals surface area contributed by atoms with E-state index in [1.54, 1.807) is 6.07 Å². The van der Waals surface area contributed by atoms with Gasteiger partial charge in [0, 0.05) is 24.1 Å². The van der Waals surface area contributed by atoms with Crippen LogP contribution >= 0.6 is 0 Å². The van der Waals surface area contributed by atoms with Crippen molar-refractivity contribution in [2.24, 2.45) is 0 Å². The van der Waals surface area contributed by atoms with Crippen molar-refractivity contribution in [3.8, 4) is 5.75 Å². The maximum atomic E-state index is 13.6. The van der Waals surface area contributed by atoms with Gasteiger partial charge in [-0.1, -0.05) is 6.07 Å². The van der Waals surface area contributed by atoms with Crippen LogP contribution < -0.4 is 0 Å². The van der Waals surface area contributed by atoms with Gasteiger partial charge in [0.1, 0.15) is 11.6 Å². The van der Waals surface area contributed by atoms with Crippen LogP contribution in [0.2, 0.25) is 0 Å². The third kappa shape index (κ3) is 4.00. The molecule has 0 spiro atoms. The standard InChI is InChI=1S/C13H18FNO3/c1-9(15(2)7-3-4-13(17)18)11-6-5-10(16)8-12(11)14/h5-6,8-9,16H,3-4,7H2,1-2H3,(H,17,18). The summed E-state index contributed by atoms with van der Waals surface area (Å²) in [7, 11) is 1.82. The Morgan fingerprint density at radius 3 is 2.72 bits per heavy atom. The van der Waals surface area contributed by atoms with E-state index in [-0.39, 0.29) is 18.2 Å². The van der Waals surface area contributed by atoms with Gasteiger partial charge in [-0.05, 0) is 33.0 Å². The minimum Gasteiger partial charge on any atom is -0.508 e. The topological polar surface area (TPSA) is 60.8 Å². The fraction of sp³-hybridized carbons (Fsp3) is 0.462. The van der Waals surface area contributed by atoms with E-state index in [1.165, 1.54) is 6.07 Å². The van der Waals surface area contributed by atoms with Gasteiger partial charge in [0.25, 0.3) is 0 Å². The van der Waals surface area contributed by atoms with E-state index in [4.69, 9.17) is 10.2 Å². The number of nitrogens with zero attached hydrogens (tertiary/aromatic N) is 1. The molecule has 0 saturated carbocycles. The normalized spacial score (nSPS) is 12.7. The van der Waals surface area contributed by atoms with Gasteiger partial charge in [-0.15, -0.1) is 0 Å².